The van der Waals surface area contributed by atoms with Gasteiger partial charge in [0.15, 0.2) is 5.78 Å². The summed E-state index contributed by atoms with van der Waals surface area (Å²) in [5.74, 6) is 0.0186. The van der Waals surface area contributed by atoms with Crippen LogP contribution in [0.2, 0.25) is 0 Å². The molecule has 4 fully saturated rings. The Morgan fingerprint density at radius 2 is 1.63 bits per heavy atom. The van der Waals surface area contributed by atoms with Crippen molar-refractivity contribution in [3.63, 3.8) is 0 Å². The molecule has 0 amide bonds. The number of carbonyl (C=O) groups is 3. The number of nitrogens with two attached hydrogens (primary N) is 1. The Bertz CT molecular complexity index is 1630. The molecular formula is C46H70N2O6. The molecule has 8 heteroatoms. The van der Waals surface area contributed by atoms with Gasteiger partial charge in [-0.1, -0.05) is 84.4 Å². The van der Waals surface area contributed by atoms with E-state index in [1.54, 1.807) is 13.8 Å². The number of fused-ring (bicyclic) bond motifs is 7. The van der Waals surface area contributed by atoms with Crippen molar-refractivity contribution >= 4 is 17.7 Å². The fourth-order valence-corrected chi connectivity index (χ4v) is 13.6. The molecule has 0 heterocycles. The smallest absolute Gasteiger partial charge is 0.309 e. The van der Waals surface area contributed by atoms with E-state index in [1.165, 1.54) is 11.1 Å². The van der Waals surface area contributed by atoms with Gasteiger partial charge in [0, 0.05) is 43.4 Å². The molecule has 0 aliphatic heterocycles. The van der Waals surface area contributed by atoms with E-state index in [-0.39, 0.29) is 51.8 Å². The van der Waals surface area contributed by atoms with Crippen LogP contribution < -0.4 is 5.73 Å². The molecule has 0 bridgehead atoms. The zero-order valence-electron chi connectivity index (χ0n) is 34.8. The van der Waals surface area contributed by atoms with E-state index in [1.807, 2.05) is 6.07 Å². The van der Waals surface area contributed by atoms with Gasteiger partial charge in [-0.3, -0.25) is 19.3 Å². The van der Waals surface area contributed by atoms with Gasteiger partial charge in [-0.05, 0) is 116 Å². The number of carbonyl (C=O) groups excluding carboxylic acids is 2. The molecule has 6 rings (SSSR count). The predicted molar refractivity (Wildman–Crippen MR) is 212 cm³/mol. The van der Waals surface area contributed by atoms with Gasteiger partial charge in [0.1, 0.15) is 6.10 Å². The standard InChI is InChI=1S/C46H70N2O6/c1-29(2)38-32(49)25-46(35(50)28-48(24-23-47)27-30-13-11-10-12-14-30)22-21-44(8)31(39(38)46)15-16-34-43(7)19-18-36(54-37(51)26-41(3,4)40(52)53)42(5,6)33(43)17-20-45(34,44)9/h10-14,29,31,33-36,50H,15-28,47H2,1-9H3,(H,52,53)/t31?,33-,34+,35-,36-,43?,44+,45+,46-/m0/s1. The second-order valence-corrected chi connectivity index (χ2v) is 20.6. The van der Waals surface area contributed by atoms with Crippen molar-refractivity contribution in [3.05, 3.63) is 47.0 Å². The molecule has 8 nitrogen and oxygen atoms in total. The Kier molecular flexibility index (Phi) is 11.0. The highest BCUT2D eigenvalue weighted by Crippen LogP contribution is 2.77. The molecule has 54 heavy (non-hydrogen) atoms. The molecule has 1 aromatic rings. The fraction of sp³-hybridized carbons (Fsp3) is 0.761. The minimum Gasteiger partial charge on any atom is -0.481 e. The summed E-state index contributed by atoms with van der Waals surface area (Å²) in [6.07, 6.45) is 7.15. The number of nitrogens with zero attached hydrogens (tertiary/aromatic N) is 1. The SMILES string of the molecule is CC(C)C1=C2C3CC[C@@H]4C5(C)CC[C@H](OC(=O)CC(C)(C)C(=O)O)C(C)(C)[C@@H]5CC[C@@]4(C)[C@]3(C)CC[C@@]2([C@@H](O)CN(CCN)Cc2ccccc2)CC1=O. The Labute approximate surface area is 325 Å². The topological polar surface area (TPSA) is 130 Å². The van der Waals surface area contributed by atoms with E-state index >= 15 is 0 Å². The minimum atomic E-state index is -1.17. The molecule has 4 saturated carbocycles. The molecule has 9 atom stereocenters. The predicted octanol–water partition coefficient (Wildman–Crippen LogP) is 8.20. The maximum atomic E-state index is 14.2. The second kappa shape index (κ2) is 14.4. The average Bonchev–Trinajstić information content (AvgIpc) is 3.40. The third-order valence-electron chi connectivity index (χ3n) is 16.6. The molecule has 0 saturated heterocycles. The first kappa shape index (κ1) is 41.1. The van der Waals surface area contributed by atoms with Gasteiger partial charge in [0.25, 0.3) is 0 Å². The molecule has 4 N–H and O–H groups in total. The van der Waals surface area contributed by atoms with Crippen LogP contribution in [-0.4, -0.2) is 64.7 Å². The van der Waals surface area contributed by atoms with Crippen LogP contribution in [0.15, 0.2) is 41.5 Å². The van der Waals surface area contributed by atoms with Crippen molar-refractivity contribution < 1.29 is 29.3 Å². The van der Waals surface area contributed by atoms with Crippen molar-refractivity contribution in [2.45, 2.75) is 145 Å². The van der Waals surface area contributed by atoms with Gasteiger partial charge in [-0.2, -0.15) is 0 Å². The zero-order chi connectivity index (χ0) is 39.6. The third-order valence-corrected chi connectivity index (χ3v) is 16.6. The molecule has 5 aliphatic carbocycles. The summed E-state index contributed by atoms with van der Waals surface area (Å²) in [5.41, 5.74) is 7.71. The Morgan fingerprint density at radius 3 is 2.26 bits per heavy atom. The van der Waals surface area contributed by atoms with E-state index in [0.29, 0.717) is 44.4 Å². The Morgan fingerprint density at radius 1 is 0.944 bits per heavy atom. The van der Waals surface area contributed by atoms with Crippen LogP contribution in [-0.2, 0) is 25.7 Å². The first-order valence-electron chi connectivity index (χ1n) is 21.0. The maximum Gasteiger partial charge on any atom is 0.309 e. The number of carboxylic acids is 1. The second-order valence-electron chi connectivity index (χ2n) is 20.6. The van der Waals surface area contributed by atoms with Crippen LogP contribution in [0.25, 0.3) is 0 Å². The monoisotopic (exact) mass is 747 g/mol. The number of hydrogen-bond donors (Lipinski definition) is 3. The number of ether oxygens (including phenoxy) is 1. The quantitative estimate of drug-likeness (QED) is 0.183. The summed E-state index contributed by atoms with van der Waals surface area (Å²) in [6, 6.07) is 10.4. The lowest BCUT2D eigenvalue weighted by Crippen LogP contribution is -2.66. The fourth-order valence-electron chi connectivity index (χ4n) is 13.6. The highest BCUT2D eigenvalue weighted by molar-refractivity contribution is 6.00. The Hall–Kier alpha value is -2.55. The van der Waals surface area contributed by atoms with Crippen LogP contribution in [0.4, 0.5) is 0 Å². The number of rotatable bonds is 12. The van der Waals surface area contributed by atoms with Gasteiger partial charge in [0.05, 0.1) is 17.9 Å². The van der Waals surface area contributed by atoms with Crippen molar-refractivity contribution in [3.8, 4) is 0 Å². The summed E-state index contributed by atoms with van der Waals surface area (Å²) in [5, 5.41) is 22.1. The zero-order valence-corrected chi connectivity index (χ0v) is 34.8. The Balaban J connectivity index is 1.29. The number of aliphatic hydroxyl groups is 1. The van der Waals surface area contributed by atoms with Crippen LogP contribution in [0.3, 0.4) is 0 Å². The third kappa shape index (κ3) is 6.52. The van der Waals surface area contributed by atoms with E-state index < -0.39 is 28.9 Å². The average molecular weight is 747 g/mol. The largest absolute Gasteiger partial charge is 0.481 e. The number of hydrogen-bond acceptors (Lipinski definition) is 7. The first-order valence-corrected chi connectivity index (χ1v) is 21.0. The maximum absolute atomic E-state index is 14.2. The summed E-state index contributed by atoms with van der Waals surface area (Å²) < 4.78 is 6.18. The summed E-state index contributed by atoms with van der Waals surface area (Å²) >= 11 is 0. The minimum absolute atomic E-state index is 0.0237. The number of carboxylic acid groups (broad SMARTS) is 1. The summed E-state index contributed by atoms with van der Waals surface area (Å²) in [7, 11) is 0. The summed E-state index contributed by atoms with van der Waals surface area (Å²) in [6.45, 7) is 22.1. The normalized spacial score (nSPS) is 36.6. The first-order chi connectivity index (χ1) is 25.2. The number of Topliss-reactive ketones (excluding diaryl/α,β-unsaturated/α-hetero) is 1. The highest BCUT2D eigenvalue weighted by Gasteiger charge is 2.70. The van der Waals surface area contributed by atoms with Crippen molar-refractivity contribution in [2.75, 3.05) is 19.6 Å². The van der Waals surface area contributed by atoms with Gasteiger partial charge >= 0.3 is 11.9 Å². The van der Waals surface area contributed by atoms with E-state index in [0.717, 1.165) is 56.9 Å². The molecule has 0 aromatic heterocycles. The number of esters is 1. The number of aliphatic hydroxyl groups excluding tert-OH is 1. The van der Waals surface area contributed by atoms with Crippen LogP contribution >= 0.6 is 0 Å². The van der Waals surface area contributed by atoms with Gasteiger partial charge in [-0.15, -0.1) is 0 Å². The number of aliphatic carboxylic acids is 1. The lowest BCUT2D eigenvalue weighted by Gasteiger charge is -2.72. The molecule has 1 aromatic carbocycles. The van der Waals surface area contributed by atoms with Crippen molar-refractivity contribution in [1.82, 2.24) is 4.90 Å². The lowest BCUT2D eigenvalue weighted by atomic mass is 9.33. The molecule has 2 unspecified atom stereocenters. The highest BCUT2D eigenvalue weighted by atomic mass is 16.5. The summed E-state index contributed by atoms with van der Waals surface area (Å²) in [4.78, 5) is 41.4. The number of ketones is 1. The molecule has 300 valence electrons. The van der Waals surface area contributed by atoms with Gasteiger partial charge in [0.2, 0.25) is 0 Å². The number of allylic oxidation sites excluding steroid dienone is 1. The van der Waals surface area contributed by atoms with Crippen molar-refractivity contribution in [1.29, 1.82) is 0 Å². The van der Waals surface area contributed by atoms with Crippen LogP contribution in [0.1, 0.15) is 132 Å². The van der Waals surface area contributed by atoms with Gasteiger partial charge < -0.3 is 20.7 Å². The van der Waals surface area contributed by atoms with Gasteiger partial charge in [-0.25, -0.2) is 0 Å². The van der Waals surface area contributed by atoms with E-state index in [9.17, 15) is 24.6 Å². The van der Waals surface area contributed by atoms with Crippen LogP contribution in [0.5, 0.6) is 0 Å². The lowest BCUT2D eigenvalue weighted by molar-refractivity contribution is -0.235. The van der Waals surface area contributed by atoms with Crippen LogP contribution in [0, 0.1) is 56.2 Å². The van der Waals surface area contributed by atoms with E-state index in [2.05, 4.69) is 77.6 Å². The molecule has 0 spiro atoms. The van der Waals surface area contributed by atoms with E-state index in [4.69, 9.17) is 10.5 Å². The molecule has 0 radical (unpaired) electrons. The molecular weight excluding hydrogens is 677 g/mol. The number of benzene rings is 1. The molecule has 5 aliphatic rings. The van der Waals surface area contributed by atoms with Crippen molar-refractivity contribution in [2.24, 2.45) is 61.9 Å².